The van der Waals surface area contributed by atoms with E-state index in [0.29, 0.717) is 0 Å². The highest BCUT2D eigenvalue weighted by Gasteiger charge is 2.23. The maximum Gasteiger partial charge on any atom is 0.213 e. The van der Waals surface area contributed by atoms with Gasteiger partial charge < -0.3 is 9.96 Å². The second-order valence-corrected chi connectivity index (χ2v) is 6.70. The smallest absolute Gasteiger partial charge is 0.213 e. The first-order valence-corrected chi connectivity index (χ1v) is 6.82. The minimum atomic E-state index is -1.15. The SMILES string of the molecule is C=C([SiH](NCC)NCC)C(C)(C)C. The van der Waals surface area contributed by atoms with Gasteiger partial charge in [0.2, 0.25) is 9.12 Å². The van der Waals surface area contributed by atoms with Crippen LogP contribution >= 0.6 is 0 Å². The number of rotatable bonds is 5. The number of nitrogens with one attached hydrogen (secondary N) is 2. The van der Waals surface area contributed by atoms with E-state index < -0.39 is 9.12 Å². The van der Waals surface area contributed by atoms with E-state index in [1.165, 1.54) is 5.20 Å². The molecule has 0 saturated heterocycles. The van der Waals surface area contributed by atoms with Gasteiger partial charge in [0, 0.05) is 0 Å². The van der Waals surface area contributed by atoms with Crippen LogP contribution in [-0.4, -0.2) is 22.2 Å². The molecule has 0 aromatic carbocycles. The van der Waals surface area contributed by atoms with Gasteiger partial charge in [0.25, 0.3) is 0 Å². The maximum absolute atomic E-state index is 4.20. The topological polar surface area (TPSA) is 24.1 Å². The van der Waals surface area contributed by atoms with E-state index in [1.807, 2.05) is 0 Å². The first-order chi connectivity index (χ1) is 5.93. The van der Waals surface area contributed by atoms with Gasteiger partial charge >= 0.3 is 0 Å². The molecule has 0 bridgehead atoms. The summed E-state index contributed by atoms with van der Waals surface area (Å²) < 4.78 is 0. The summed E-state index contributed by atoms with van der Waals surface area (Å²) in [5.41, 5.74) is 0.223. The number of hydrogen-bond donors (Lipinski definition) is 2. The third-order valence-electron chi connectivity index (χ3n) is 2.13. The van der Waals surface area contributed by atoms with Crippen LogP contribution in [0.25, 0.3) is 0 Å². The fraction of sp³-hybridized carbons (Fsp3) is 0.800. The predicted octanol–water partition coefficient (Wildman–Crippen LogP) is 1.57. The monoisotopic (exact) mass is 200 g/mol. The molecular formula is C10H24N2Si. The molecule has 0 aromatic heterocycles. The lowest BCUT2D eigenvalue weighted by molar-refractivity contribution is 0.524. The van der Waals surface area contributed by atoms with Gasteiger partial charge in [0.15, 0.2) is 0 Å². The largest absolute Gasteiger partial charge is 0.325 e. The molecule has 0 spiro atoms. The fourth-order valence-corrected chi connectivity index (χ4v) is 3.48. The van der Waals surface area contributed by atoms with Gasteiger partial charge in [0.05, 0.1) is 0 Å². The fourth-order valence-electron chi connectivity index (χ4n) is 1.16. The lowest BCUT2D eigenvalue weighted by Gasteiger charge is -2.29. The molecule has 0 fully saturated rings. The van der Waals surface area contributed by atoms with Crippen molar-refractivity contribution in [2.45, 2.75) is 34.6 Å². The van der Waals surface area contributed by atoms with Crippen molar-refractivity contribution < 1.29 is 0 Å². The van der Waals surface area contributed by atoms with Crippen LogP contribution in [0.5, 0.6) is 0 Å². The third kappa shape index (κ3) is 4.60. The molecule has 0 amide bonds. The molecule has 0 aliphatic heterocycles. The van der Waals surface area contributed by atoms with E-state index in [2.05, 4.69) is 51.2 Å². The molecule has 3 heteroatoms. The van der Waals surface area contributed by atoms with Gasteiger partial charge in [0.1, 0.15) is 0 Å². The molecule has 0 saturated carbocycles. The molecule has 2 nitrogen and oxygen atoms in total. The Labute approximate surface area is 84.6 Å². The second kappa shape index (κ2) is 5.57. The van der Waals surface area contributed by atoms with Crippen molar-refractivity contribution in [2.75, 3.05) is 13.1 Å². The third-order valence-corrected chi connectivity index (χ3v) is 5.32. The molecule has 0 aliphatic rings. The molecule has 2 N–H and O–H groups in total. The summed E-state index contributed by atoms with van der Waals surface area (Å²) >= 11 is 0. The quantitative estimate of drug-likeness (QED) is 0.658. The van der Waals surface area contributed by atoms with Crippen LogP contribution in [0.1, 0.15) is 34.6 Å². The van der Waals surface area contributed by atoms with Crippen molar-refractivity contribution >= 4 is 9.12 Å². The molecule has 13 heavy (non-hydrogen) atoms. The van der Waals surface area contributed by atoms with E-state index in [1.54, 1.807) is 0 Å². The van der Waals surface area contributed by atoms with E-state index in [4.69, 9.17) is 0 Å². The normalized spacial score (nSPS) is 12.2. The lowest BCUT2D eigenvalue weighted by atomic mass is 9.97. The van der Waals surface area contributed by atoms with Crippen molar-refractivity contribution in [3.63, 3.8) is 0 Å². The Morgan fingerprint density at radius 1 is 1.15 bits per heavy atom. The van der Waals surface area contributed by atoms with Crippen molar-refractivity contribution in [1.82, 2.24) is 9.96 Å². The average Bonchev–Trinajstić information content (AvgIpc) is 2.01. The maximum atomic E-state index is 4.20. The van der Waals surface area contributed by atoms with Gasteiger partial charge in [-0.05, 0) is 18.5 Å². The minimum absolute atomic E-state index is 0.223. The molecule has 0 radical (unpaired) electrons. The zero-order valence-electron chi connectivity index (χ0n) is 9.70. The molecule has 78 valence electrons. The van der Waals surface area contributed by atoms with Gasteiger partial charge in [-0.1, -0.05) is 39.8 Å². The Morgan fingerprint density at radius 2 is 1.54 bits per heavy atom. The van der Waals surface area contributed by atoms with E-state index in [9.17, 15) is 0 Å². The Kier molecular flexibility index (Phi) is 5.52. The first-order valence-electron chi connectivity index (χ1n) is 5.09. The molecular weight excluding hydrogens is 176 g/mol. The van der Waals surface area contributed by atoms with Crippen molar-refractivity contribution in [2.24, 2.45) is 5.41 Å². The van der Waals surface area contributed by atoms with Crippen LogP contribution in [0.15, 0.2) is 11.8 Å². The summed E-state index contributed by atoms with van der Waals surface area (Å²) in [4.78, 5) is 7.04. The first kappa shape index (κ1) is 12.9. The van der Waals surface area contributed by atoms with Crippen molar-refractivity contribution in [1.29, 1.82) is 0 Å². The Bertz CT molecular complexity index is 155. The van der Waals surface area contributed by atoms with Crippen molar-refractivity contribution in [3.05, 3.63) is 11.8 Å². The summed E-state index contributed by atoms with van der Waals surface area (Å²) in [6, 6.07) is 0. The Hall–Kier alpha value is -0.123. The second-order valence-electron chi connectivity index (χ2n) is 4.32. The highest BCUT2D eigenvalue weighted by molar-refractivity contribution is 6.61. The van der Waals surface area contributed by atoms with E-state index >= 15 is 0 Å². The van der Waals surface area contributed by atoms with Gasteiger partial charge in [-0.3, -0.25) is 0 Å². The molecule has 0 aliphatic carbocycles. The van der Waals surface area contributed by atoms with Crippen LogP contribution in [-0.2, 0) is 0 Å². The molecule has 0 unspecified atom stereocenters. The summed E-state index contributed by atoms with van der Waals surface area (Å²) in [6.07, 6.45) is 0. The highest BCUT2D eigenvalue weighted by Crippen LogP contribution is 2.23. The molecule has 0 rings (SSSR count). The van der Waals surface area contributed by atoms with Gasteiger partial charge in [-0.25, -0.2) is 0 Å². The van der Waals surface area contributed by atoms with Crippen LogP contribution in [0.3, 0.4) is 0 Å². The van der Waals surface area contributed by atoms with Crippen LogP contribution in [0.2, 0.25) is 0 Å². The Morgan fingerprint density at radius 3 is 1.77 bits per heavy atom. The van der Waals surface area contributed by atoms with Crippen LogP contribution < -0.4 is 9.96 Å². The van der Waals surface area contributed by atoms with Crippen molar-refractivity contribution in [3.8, 4) is 0 Å². The standard InChI is InChI=1S/C10H24N2Si/c1-7-11-13(12-8-2)9(3)10(4,5)6/h11-13H,3,7-8H2,1-2,4-6H3. The number of hydrogen-bond acceptors (Lipinski definition) is 2. The molecule has 0 atom stereocenters. The van der Waals surface area contributed by atoms with E-state index in [-0.39, 0.29) is 5.41 Å². The van der Waals surface area contributed by atoms with E-state index in [0.717, 1.165) is 13.1 Å². The summed E-state index contributed by atoms with van der Waals surface area (Å²) in [5, 5.41) is 1.36. The Balaban J connectivity index is 4.27. The minimum Gasteiger partial charge on any atom is -0.325 e. The van der Waals surface area contributed by atoms with Crippen LogP contribution in [0.4, 0.5) is 0 Å². The zero-order valence-corrected chi connectivity index (χ0v) is 10.9. The molecule has 0 heterocycles. The average molecular weight is 200 g/mol. The highest BCUT2D eigenvalue weighted by atomic mass is 28.3. The van der Waals surface area contributed by atoms with Gasteiger partial charge in [-0.2, -0.15) is 0 Å². The van der Waals surface area contributed by atoms with Gasteiger partial charge in [-0.15, -0.1) is 6.58 Å². The predicted molar refractivity (Wildman–Crippen MR) is 63.1 cm³/mol. The van der Waals surface area contributed by atoms with Crippen LogP contribution in [0, 0.1) is 5.41 Å². The summed E-state index contributed by atoms with van der Waals surface area (Å²) in [6.45, 7) is 17.2. The summed E-state index contributed by atoms with van der Waals surface area (Å²) in [7, 11) is -1.15. The lowest BCUT2D eigenvalue weighted by Crippen LogP contribution is -2.51. The zero-order chi connectivity index (χ0) is 10.5. The molecule has 0 aromatic rings. The number of allylic oxidation sites excluding steroid dienone is 1. The summed E-state index contributed by atoms with van der Waals surface area (Å²) in [5.74, 6) is 0.